The van der Waals surface area contributed by atoms with E-state index in [0.717, 1.165) is 6.42 Å². The van der Waals surface area contributed by atoms with Crippen molar-refractivity contribution in [2.24, 2.45) is 11.7 Å². The summed E-state index contributed by atoms with van der Waals surface area (Å²) in [6, 6.07) is 4.93. The summed E-state index contributed by atoms with van der Waals surface area (Å²) in [5.74, 6) is -0.0734. The van der Waals surface area contributed by atoms with Crippen LogP contribution < -0.4 is 5.73 Å². The second kappa shape index (κ2) is 6.87. The van der Waals surface area contributed by atoms with Crippen LogP contribution in [0.25, 0.3) is 0 Å². The summed E-state index contributed by atoms with van der Waals surface area (Å²) in [6.45, 7) is 4.74. The first-order valence-corrected chi connectivity index (χ1v) is 6.70. The van der Waals surface area contributed by atoms with E-state index in [4.69, 9.17) is 5.73 Å². The second-order valence-electron chi connectivity index (χ2n) is 5.41. The number of rotatable bonds is 2. The molecule has 1 aromatic carbocycles. The molecule has 1 amide bonds. The molecule has 2 N–H and O–H groups in total. The van der Waals surface area contributed by atoms with Gasteiger partial charge in [-0.15, -0.1) is 12.4 Å². The van der Waals surface area contributed by atoms with Crippen LogP contribution >= 0.6 is 12.4 Å². The molecule has 0 radical (unpaired) electrons. The van der Waals surface area contributed by atoms with Gasteiger partial charge in [-0.25, -0.2) is 0 Å². The summed E-state index contributed by atoms with van der Waals surface area (Å²) in [7, 11) is 0. The molecule has 6 nitrogen and oxygen atoms in total. The minimum atomic E-state index is -0.484. The van der Waals surface area contributed by atoms with Crippen LogP contribution in [0.15, 0.2) is 18.2 Å². The number of hydrogen-bond acceptors (Lipinski definition) is 4. The Kier molecular flexibility index (Phi) is 5.69. The van der Waals surface area contributed by atoms with E-state index in [-0.39, 0.29) is 41.5 Å². The smallest absolute Gasteiger partial charge is 0.285 e. The Bertz CT molecular complexity index is 550. The fraction of sp³-hybridized carbons (Fsp3) is 0.500. The van der Waals surface area contributed by atoms with E-state index in [1.807, 2.05) is 6.92 Å². The molecule has 0 bridgehead atoms. The van der Waals surface area contributed by atoms with Crippen LogP contribution in [0.1, 0.15) is 29.3 Å². The van der Waals surface area contributed by atoms with Gasteiger partial charge in [-0.05, 0) is 25.3 Å². The number of piperidine rings is 1. The van der Waals surface area contributed by atoms with Crippen LogP contribution in [0.4, 0.5) is 5.69 Å². The van der Waals surface area contributed by atoms with Gasteiger partial charge in [-0.3, -0.25) is 14.9 Å². The standard InChI is InChI=1S/C14H19N3O3.ClH/c1-9-4-3-5-11(13(9)17(19)20)14(18)16-7-6-12(15)10(2)8-16;/h3-5,10,12H,6-8,15H2,1-2H3;1H. The number of nitro groups is 1. The first-order chi connectivity index (χ1) is 9.41. The average molecular weight is 314 g/mol. The van der Waals surface area contributed by atoms with Crippen molar-refractivity contribution in [2.75, 3.05) is 13.1 Å². The maximum atomic E-state index is 12.5. The highest BCUT2D eigenvalue weighted by atomic mass is 35.5. The molecule has 0 spiro atoms. The summed E-state index contributed by atoms with van der Waals surface area (Å²) >= 11 is 0. The van der Waals surface area contributed by atoms with Gasteiger partial charge in [-0.1, -0.05) is 19.1 Å². The molecule has 1 aromatic rings. The maximum Gasteiger partial charge on any atom is 0.285 e. The Morgan fingerprint density at radius 3 is 2.71 bits per heavy atom. The third-order valence-electron chi connectivity index (χ3n) is 3.91. The van der Waals surface area contributed by atoms with Crippen molar-refractivity contribution in [2.45, 2.75) is 26.3 Å². The Labute approximate surface area is 129 Å². The van der Waals surface area contributed by atoms with Crippen molar-refractivity contribution in [3.05, 3.63) is 39.4 Å². The van der Waals surface area contributed by atoms with E-state index in [2.05, 4.69) is 0 Å². The van der Waals surface area contributed by atoms with E-state index in [9.17, 15) is 14.9 Å². The van der Waals surface area contributed by atoms with Gasteiger partial charge in [0.25, 0.3) is 11.6 Å². The number of amides is 1. The normalized spacial score (nSPS) is 21.6. The highest BCUT2D eigenvalue weighted by Gasteiger charge is 2.31. The monoisotopic (exact) mass is 313 g/mol. The zero-order chi connectivity index (χ0) is 14.9. The molecule has 1 heterocycles. The first-order valence-electron chi connectivity index (χ1n) is 6.70. The topological polar surface area (TPSA) is 89.5 Å². The van der Waals surface area contributed by atoms with Gasteiger partial charge in [0.05, 0.1) is 4.92 Å². The molecule has 0 aliphatic carbocycles. The zero-order valence-corrected chi connectivity index (χ0v) is 12.9. The van der Waals surface area contributed by atoms with E-state index < -0.39 is 4.92 Å². The molecular formula is C14H20ClN3O3. The highest BCUT2D eigenvalue weighted by molar-refractivity contribution is 5.98. The predicted molar refractivity (Wildman–Crippen MR) is 82.7 cm³/mol. The van der Waals surface area contributed by atoms with Gasteiger partial charge >= 0.3 is 0 Å². The van der Waals surface area contributed by atoms with E-state index >= 15 is 0 Å². The molecule has 2 atom stereocenters. The van der Waals surface area contributed by atoms with Crippen molar-refractivity contribution >= 4 is 24.0 Å². The number of nitrogens with zero attached hydrogens (tertiary/aromatic N) is 2. The molecule has 0 aromatic heterocycles. The number of carbonyl (C=O) groups excluding carboxylic acids is 1. The van der Waals surface area contributed by atoms with Crippen LogP contribution in [0.5, 0.6) is 0 Å². The highest BCUT2D eigenvalue weighted by Crippen LogP contribution is 2.26. The number of aryl methyl sites for hydroxylation is 1. The SMILES string of the molecule is Cc1cccc(C(=O)N2CCC(N)C(C)C2)c1[N+](=O)[O-].Cl. The Hall–Kier alpha value is -1.66. The average Bonchev–Trinajstić information content (AvgIpc) is 2.40. The van der Waals surface area contributed by atoms with Crippen molar-refractivity contribution in [1.82, 2.24) is 4.90 Å². The number of para-hydroxylation sites is 1. The number of hydrogen-bond donors (Lipinski definition) is 1. The second-order valence-corrected chi connectivity index (χ2v) is 5.41. The number of nitrogens with two attached hydrogens (primary N) is 1. The van der Waals surface area contributed by atoms with Crippen LogP contribution in [-0.4, -0.2) is 34.9 Å². The van der Waals surface area contributed by atoms with Gasteiger partial charge in [0, 0.05) is 24.7 Å². The number of nitro benzene ring substituents is 1. The maximum absolute atomic E-state index is 12.5. The molecule has 116 valence electrons. The number of likely N-dealkylation sites (tertiary alicyclic amines) is 1. The van der Waals surface area contributed by atoms with E-state index in [0.29, 0.717) is 18.7 Å². The summed E-state index contributed by atoms with van der Waals surface area (Å²) in [6.07, 6.45) is 0.729. The van der Waals surface area contributed by atoms with E-state index in [1.165, 1.54) is 6.07 Å². The van der Waals surface area contributed by atoms with Gasteiger partial charge < -0.3 is 10.6 Å². The molecule has 0 saturated carbocycles. The fourth-order valence-electron chi connectivity index (χ4n) is 2.59. The zero-order valence-electron chi connectivity index (χ0n) is 12.1. The lowest BCUT2D eigenvalue weighted by Gasteiger charge is -2.35. The van der Waals surface area contributed by atoms with Crippen molar-refractivity contribution in [3.63, 3.8) is 0 Å². The van der Waals surface area contributed by atoms with Gasteiger partial charge in [0.1, 0.15) is 5.56 Å². The molecule has 2 rings (SSSR count). The summed E-state index contributed by atoms with van der Waals surface area (Å²) in [5.41, 5.74) is 6.51. The Morgan fingerprint density at radius 2 is 2.14 bits per heavy atom. The van der Waals surface area contributed by atoms with E-state index in [1.54, 1.807) is 24.0 Å². The lowest BCUT2D eigenvalue weighted by Crippen LogP contribution is -2.48. The molecule has 1 aliphatic heterocycles. The van der Waals surface area contributed by atoms with Crippen molar-refractivity contribution in [1.29, 1.82) is 0 Å². The third kappa shape index (κ3) is 3.51. The third-order valence-corrected chi connectivity index (χ3v) is 3.91. The lowest BCUT2D eigenvalue weighted by molar-refractivity contribution is -0.385. The molecule has 7 heteroatoms. The first kappa shape index (κ1) is 17.4. The predicted octanol–water partition coefficient (Wildman–Crippen LogP) is 2.13. The van der Waals surface area contributed by atoms with Crippen molar-refractivity contribution in [3.8, 4) is 0 Å². The quantitative estimate of drug-likeness (QED) is 0.669. The van der Waals surface area contributed by atoms with Crippen LogP contribution in [0.3, 0.4) is 0 Å². The largest absolute Gasteiger partial charge is 0.338 e. The number of carbonyl (C=O) groups is 1. The Morgan fingerprint density at radius 1 is 1.48 bits per heavy atom. The van der Waals surface area contributed by atoms with Crippen LogP contribution in [0, 0.1) is 23.0 Å². The minimum absolute atomic E-state index is 0. The summed E-state index contributed by atoms with van der Waals surface area (Å²) < 4.78 is 0. The minimum Gasteiger partial charge on any atom is -0.338 e. The van der Waals surface area contributed by atoms with Crippen LogP contribution in [-0.2, 0) is 0 Å². The lowest BCUT2D eigenvalue weighted by atomic mass is 9.94. The van der Waals surface area contributed by atoms with Crippen LogP contribution in [0.2, 0.25) is 0 Å². The molecule has 2 unspecified atom stereocenters. The number of benzene rings is 1. The molecule has 21 heavy (non-hydrogen) atoms. The number of halogens is 1. The van der Waals surface area contributed by atoms with Gasteiger partial charge in [-0.2, -0.15) is 0 Å². The summed E-state index contributed by atoms with van der Waals surface area (Å²) in [4.78, 5) is 24.8. The summed E-state index contributed by atoms with van der Waals surface area (Å²) in [5, 5.41) is 11.2. The Balaban J connectivity index is 0.00000220. The van der Waals surface area contributed by atoms with Crippen molar-refractivity contribution < 1.29 is 9.72 Å². The van der Waals surface area contributed by atoms with Gasteiger partial charge in [0.15, 0.2) is 0 Å². The molecule has 1 aliphatic rings. The molecule has 1 fully saturated rings. The molecule has 1 saturated heterocycles. The molecular weight excluding hydrogens is 294 g/mol. The fourth-order valence-corrected chi connectivity index (χ4v) is 2.59. The van der Waals surface area contributed by atoms with Gasteiger partial charge in [0.2, 0.25) is 0 Å².